The molecule has 6 nitrogen and oxygen atoms in total. The van der Waals surface area contributed by atoms with Crippen molar-refractivity contribution >= 4 is 52.7 Å². The molecule has 0 heterocycles. The van der Waals surface area contributed by atoms with Gasteiger partial charge in [0, 0.05) is 0 Å². The van der Waals surface area contributed by atoms with Gasteiger partial charge in [-0.05, 0) is 24.3 Å². The number of ether oxygens (including phenoxy) is 2. The standard InChI is InChI=1S/C19H23Cl3O6/c1-10(2)5-4-6-11(3)7-8-27-18(25)14-15(22)12(20)9-13(21)16(14)28-19(26)17(23)24/h9-11H,4-8H2,1-3H3,(H,23,24). The van der Waals surface area contributed by atoms with E-state index in [2.05, 4.69) is 25.5 Å². The maximum absolute atomic E-state index is 12.5. The molecular formula is C19H23Cl3O6. The van der Waals surface area contributed by atoms with Gasteiger partial charge in [-0.25, -0.2) is 14.4 Å². The highest BCUT2D eigenvalue weighted by Gasteiger charge is 2.27. The van der Waals surface area contributed by atoms with Gasteiger partial charge in [0.1, 0.15) is 5.56 Å². The Bertz CT molecular complexity index is 733. The first-order valence-corrected chi connectivity index (χ1v) is 9.97. The largest absolute Gasteiger partial charge is 0.473 e. The fourth-order valence-corrected chi connectivity index (χ4v) is 3.16. The lowest BCUT2D eigenvalue weighted by Crippen LogP contribution is -2.21. The van der Waals surface area contributed by atoms with Gasteiger partial charge in [-0.2, -0.15) is 0 Å². The van der Waals surface area contributed by atoms with Crippen molar-refractivity contribution < 1.29 is 29.0 Å². The van der Waals surface area contributed by atoms with Crippen LogP contribution in [0.3, 0.4) is 0 Å². The highest BCUT2D eigenvalue weighted by atomic mass is 35.5. The molecule has 0 spiro atoms. The second-order valence-electron chi connectivity index (χ2n) is 6.91. The second-order valence-corrected chi connectivity index (χ2v) is 8.10. The van der Waals surface area contributed by atoms with Crippen molar-refractivity contribution in [1.29, 1.82) is 0 Å². The van der Waals surface area contributed by atoms with Gasteiger partial charge in [0.2, 0.25) is 0 Å². The molecule has 1 aromatic rings. The number of carbonyl (C=O) groups is 3. The van der Waals surface area contributed by atoms with Crippen molar-refractivity contribution in [2.24, 2.45) is 11.8 Å². The zero-order chi connectivity index (χ0) is 21.4. The molecule has 1 N–H and O–H groups in total. The first-order valence-electron chi connectivity index (χ1n) is 8.84. The van der Waals surface area contributed by atoms with E-state index < -0.39 is 23.7 Å². The van der Waals surface area contributed by atoms with Crippen LogP contribution in [0.5, 0.6) is 5.75 Å². The maximum atomic E-state index is 12.5. The molecule has 1 atom stereocenters. The van der Waals surface area contributed by atoms with Gasteiger partial charge < -0.3 is 14.6 Å². The first-order chi connectivity index (χ1) is 13.0. The van der Waals surface area contributed by atoms with Gasteiger partial charge >= 0.3 is 17.9 Å². The first kappa shape index (κ1) is 24.5. The van der Waals surface area contributed by atoms with Crippen LogP contribution < -0.4 is 4.74 Å². The van der Waals surface area contributed by atoms with Crippen molar-refractivity contribution in [3.63, 3.8) is 0 Å². The third kappa shape index (κ3) is 7.49. The molecule has 0 aliphatic carbocycles. The number of carboxylic acids is 1. The van der Waals surface area contributed by atoms with Crippen molar-refractivity contribution in [2.75, 3.05) is 6.61 Å². The topological polar surface area (TPSA) is 89.9 Å². The van der Waals surface area contributed by atoms with E-state index >= 15 is 0 Å². The highest BCUT2D eigenvalue weighted by Crippen LogP contribution is 2.39. The number of esters is 2. The Balaban J connectivity index is 2.83. The Morgan fingerprint density at radius 1 is 1.04 bits per heavy atom. The van der Waals surface area contributed by atoms with E-state index in [4.69, 9.17) is 44.6 Å². The third-order valence-corrected chi connectivity index (χ3v) is 5.09. The van der Waals surface area contributed by atoms with Crippen LogP contribution in [0.15, 0.2) is 6.07 Å². The van der Waals surface area contributed by atoms with Crippen molar-refractivity contribution in [2.45, 2.75) is 46.5 Å². The molecule has 1 aromatic carbocycles. The molecule has 9 heteroatoms. The van der Waals surface area contributed by atoms with Crippen molar-refractivity contribution in [3.05, 3.63) is 26.7 Å². The zero-order valence-electron chi connectivity index (χ0n) is 15.9. The van der Waals surface area contributed by atoms with Gasteiger partial charge in [0.15, 0.2) is 5.75 Å². The number of benzene rings is 1. The molecule has 156 valence electrons. The quantitative estimate of drug-likeness (QED) is 0.225. The summed E-state index contributed by atoms with van der Waals surface area (Å²) in [7, 11) is 0. The normalized spacial score (nSPS) is 12.0. The predicted octanol–water partition coefficient (Wildman–Crippen LogP) is 5.65. The lowest BCUT2D eigenvalue weighted by Gasteiger charge is -2.15. The van der Waals surface area contributed by atoms with Gasteiger partial charge in [-0.15, -0.1) is 0 Å². The molecule has 0 radical (unpaired) electrons. The monoisotopic (exact) mass is 452 g/mol. The molecule has 0 saturated carbocycles. The van der Waals surface area contributed by atoms with E-state index in [1.807, 2.05) is 0 Å². The lowest BCUT2D eigenvalue weighted by molar-refractivity contribution is -0.158. The van der Waals surface area contributed by atoms with Crippen LogP contribution in [0.1, 0.15) is 56.8 Å². The molecule has 0 aromatic heterocycles. The van der Waals surface area contributed by atoms with Gasteiger partial charge in [0.05, 0.1) is 21.7 Å². The smallest absolute Gasteiger partial charge is 0.422 e. The van der Waals surface area contributed by atoms with E-state index in [1.165, 1.54) is 0 Å². The van der Waals surface area contributed by atoms with Crippen molar-refractivity contribution in [3.8, 4) is 5.75 Å². The summed E-state index contributed by atoms with van der Waals surface area (Å²) in [4.78, 5) is 34.6. The number of rotatable bonds is 9. The second kappa shape index (κ2) is 11.5. The van der Waals surface area contributed by atoms with Crippen LogP contribution in [0.2, 0.25) is 15.1 Å². The minimum absolute atomic E-state index is 0.0594. The molecule has 0 aliphatic heterocycles. The summed E-state index contributed by atoms with van der Waals surface area (Å²) < 4.78 is 9.90. The summed E-state index contributed by atoms with van der Waals surface area (Å²) in [6, 6.07) is 1.14. The minimum Gasteiger partial charge on any atom is -0.473 e. The van der Waals surface area contributed by atoms with Crippen LogP contribution in [-0.2, 0) is 14.3 Å². The number of hydrogen-bond donors (Lipinski definition) is 1. The molecule has 0 aliphatic rings. The van der Waals surface area contributed by atoms with E-state index in [-0.39, 0.29) is 27.2 Å². The van der Waals surface area contributed by atoms with E-state index in [1.54, 1.807) is 0 Å². The molecular weight excluding hydrogens is 431 g/mol. The summed E-state index contributed by atoms with van der Waals surface area (Å²) >= 11 is 17.9. The molecule has 1 unspecified atom stereocenters. The number of halogens is 3. The summed E-state index contributed by atoms with van der Waals surface area (Å²) in [5.74, 6) is -3.87. The maximum Gasteiger partial charge on any atom is 0.422 e. The summed E-state index contributed by atoms with van der Waals surface area (Å²) in [5, 5.41) is 8.16. The molecule has 0 fully saturated rings. The van der Waals surface area contributed by atoms with Gasteiger partial charge in [-0.3, -0.25) is 0 Å². The van der Waals surface area contributed by atoms with Crippen molar-refractivity contribution in [1.82, 2.24) is 0 Å². The van der Waals surface area contributed by atoms with Crippen LogP contribution >= 0.6 is 34.8 Å². The molecule has 28 heavy (non-hydrogen) atoms. The molecule has 1 rings (SSSR count). The molecule has 0 saturated heterocycles. The molecule has 0 amide bonds. The average molecular weight is 454 g/mol. The van der Waals surface area contributed by atoms with Gasteiger partial charge in [-0.1, -0.05) is 74.8 Å². The summed E-state index contributed by atoms with van der Waals surface area (Å²) in [6.07, 6.45) is 3.89. The highest BCUT2D eigenvalue weighted by molar-refractivity contribution is 6.46. The Morgan fingerprint density at radius 2 is 1.68 bits per heavy atom. The lowest BCUT2D eigenvalue weighted by atomic mass is 9.98. The van der Waals surface area contributed by atoms with Crippen LogP contribution in [-0.4, -0.2) is 29.6 Å². The fourth-order valence-electron chi connectivity index (χ4n) is 2.44. The van der Waals surface area contributed by atoms with E-state index in [9.17, 15) is 14.4 Å². The van der Waals surface area contributed by atoms with Crippen LogP contribution in [0.4, 0.5) is 0 Å². The zero-order valence-corrected chi connectivity index (χ0v) is 18.2. The summed E-state index contributed by atoms with van der Waals surface area (Å²) in [5.41, 5.74) is -0.388. The van der Waals surface area contributed by atoms with E-state index in [0.29, 0.717) is 18.3 Å². The predicted molar refractivity (Wildman–Crippen MR) is 107 cm³/mol. The van der Waals surface area contributed by atoms with E-state index in [0.717, 1.165) is 25.3 Å². The van der Waals surface area contributed by atoms with Crippen LogP contribution in [0.25, 0.3) is 0 Å². The van der Waals surface area contributed by atoms with Gasteiger partial charge in [0.25, 0.3) is 0 Å². The fraction of sp³-hybridized carbons (Fsp3) is 0.526. The Labute approximate surface area is 179 Å². The number of aliphatic carboxylic acids is 1. The van der Waals surface area contributed by atoms with Crippen LogP contribution in [0, 0.1) is 11.8 Å². The Kier molecular flexibility index (Phi) is 10.1. The Morgan fingerprint density at radius 3 is 2.25 bits per heavy atom. The average Bonchev–Trinajstić information content (AvgIpc) is 2.59. The summed E-state index contributed by atoms with van der Waals surface area (Å²) in [6.45, 7) is 6.52. The third-order valence-electron chi connectivity index (χ3n) is 4.02. The minimum atomic E-state index is -1.85. The SMILES string of the molecule is CC(C)CCCC(C)CCOC(=O)c1c(Cl)c(Cl)cc(Cl)c1OC(=O)C(=O)O. The Hall–Kier alpha value is -1.50. The number of carboxylic acid groups (broad SMARTS) is 1. The molecule has 0 bridgehead atoms. The number of carbonyl (C=O) groups excluding carboxylic acids is 2. The number of hydrogen-bond acceptors (Lipinski definition) is 5.